The number of phenols is 6. The Hall–Kier alpha value is -9.30. The van der Waals surface area contributed by atoms with Gasteiger partial charge in [0.1, 0.15) is 30.5 Å². The summed E-state index contributed by atoms with van der Waals surface area (Å²) >= 11 is 0. The lowest BCUT2D eigenvalue weighted by molar-refractivity contribution is 0.388. The summed E-state index contributed by atoms with van der Waals surface area (Å²) < 4.78 is 0. The molecule has 5 heterocycles. The number of rotatable bonds is 9. The minimum Gasteiger partial charge on any atom is -0.504 e. The molecular weight excluding hydrogens is 1030 g/mol. The van der Waals surface area contributed by atoms with Crippen molar-refractivity contribution in [3.05, 3.63) is 89.6 Å². The van der Waals surface area contributed by atoms with E-state index in [9.17, 15) is 30.6 Å². The number of guanidine groups is 8. The first kappa shape index (κ1) is 61.6. The number of nitrogens with one attached hydrogen (secondary N) is 5. The third kappa shape index (κ3) is 17.6. The second-order valence-corrected chi connectivity index (χ2v) is 19.6. The van der Waals surface area contributed by atoms with Gasteiger partial charge in [-0.3, -0.25) is 20.9 Å². The van der Waals surface area contributed by atoms with E-state index in [2.05, 4.69) is 66.2 Å². The number of likely N-dealkylation sites (N-methyl/N-ethyl adjacent to an activating group) is 2. The normalized spacial score (nSPS) is 18.1. The van der Waals surface area contributed by atoms with E-state index < -0.39 is 0 Å². The highest BCUT2D eigenvalue weighted by Gasteiger charge is 2.25. The Morgan fingerprint density at radius 3 is 1.40 bits per heavy atom. The van der Waals surface area contributed by atoms with E-state index in [0.717, 1.165) is 35.6 Å². The number of nitrogens with zero attached hydrogens (tertiary/aromatic N) is 15. The van der Waals surface area contributed by atoms with E-state index in [1.807, 2.05) is 157 Å². The van der Waals surface area contributed by atoms with Gasteiger partial charge in [-0.2, -0.15) is 0 Å². The molecule has 4 unspecified atom stereocenters. The van der Waals surface area contributed by atoms with E-state index in [4.69, 9.17) is 5.73 Å². The minimum absolute atomic E-state index is 0.0521. The number of aromatic hydroxyl groups is 6. The molecule has 3 aromatic carbocycles. The third-order valence-corrected chi connectivity index (χ3v) is 12.1. The van der Waals surface area contributed by atoms with E-state index in [0.29, 0.717) is 67.0 Å². The summed E-state index contributed by atoms with van der Waals surface area (Å²) in [4.78, 5) is 51.6. The number of para-hydroxylation sites is 3. The highest BCUT2D eigenvalue weighted by atomic mass is 16.3. The van der Waals surface area contributed by atoms with E-state index >= 15 is 0 Å². The zero-order valence-electron chi connectivity index (χ0n) is 48.2. The van der Waals surface area contributed by atoms with Crippen molar-refractivity contribution in [3.63, 3.8) is 0 Å². The zero-order chi connectivity index (χ0) is 59.0. The van der Waals surface area contributed by atoms with Crippen LogP contribution in [0, 0.1) is 0 Å². The number of benzene rings is 3. The monoisotopic (exact) mass is 1110 g/mol. The SMILES string of the molecule is CC1N=C(N(C)C)N(C)C(N(C)CCc2cccc(O)c2O)=N1.CC1N=C(N(C)C)NC(N(C)CCc2cccc(O)c2O)=N1.CC1N=C(N(C)C)NC(N(C)Cc2cccc(O)c2O)=N1.CC1N=C(N)NC(Nc2ccc[nH]2)=N1. The molecule has 8 rings (SSSR count). The Morgan fingerprint density at radius 1 is 0.487 bits per heavy atom. The zero-order valence-corrected chi connectivity index (χ0v) is 48.2. The molecule has 4 atom stereocenters. The van der Waals surface area contributed by atoms with Gasteiger partial charge in [0, 0.05) is 102 Å². The predicted molar refractivity (Wildman–Crippen MR) is 318 cm³/mol. The Bertz CT molecular complexity index is 2950. The standard InChI is InChI=1S/C16H25N5O2.C15H23N5O2.C14H21N5O2.C8H12N6/c1-11-17-15(19(2)3)21(5)16(18-11)20(4)10-9-12-7-6-8-13(22)14(12)23;1-10-16-14(19(2)3)18-15(17-10)20(4)9-8-11-6-5-7-12(21)13(11)22;1-9-15-13(18(2)3)17-14(16-9)19(4)8-10-6-5-7-11(20)12(10)21;1-5-11-7(9)14-8(12-5)13-6-3-2-4-10-6/h6-8,11,22-23H,9-10H2,1-5H3;5-7,10,21-22H,8-9H2,1-4H3,(H,16,17,18);5-7,9,20-21H,8H2,1-4H3,(H,15,16,17);2-5,10H,1H3,(H4,9,11,12,13,14). The molecule has 4 aliphatic rings. The van der Waals surface area contributed by atoms with Crippen LogP contribution in [0.3, 0.4) is 0 Å². The summed E-state index contributed by atoms with van der Waals surface area (Å²) in [7, 11) is 19.2. The number of H-pyrrole nitrogens is 1. The van der Waals surface area contributed by atoms with Crippen LogP contribution < -0.4 is 27.0 Å². The van der Waals surface area contributed by atoms with Crippen molar-refractivity contribution < 1.29 is 30.6 Å². The quantitative estimate of drug-likeness (QED) is 0.107. The summed E-state index contributed by atoms with van der Waals surface area (Å²) in [6.07, 6.45) is 2.45. The molecule has 80 heavy (non-hydrogen) atoms. The van der Waals surface area contributed by atoms with Crippen LogP contribution in [0.25, 0.3) is 0 Å². The molecule has 0 amide bonds. The van der Waals surface area contributed by atoms with Crippen LogP contribution in [0.15, 0.2) is 113 Å². The lowest BCUT2D eigenvalue weighted by Crippen LogP contribution is -2.51. The Balaban J connectivity index is 0.000000198. The van der Waals surface area contributed by atoms with Gasteiger partial charge >= 0.3 is 0 Å². The molecule has 0 saturated carbocycles. The maximum Gasteiger partial charge on any atom is 0.205 e. The average Bonchev–Trinajstić information content (AvgIpc) is 3.92. The molecule has 1 aromatic heterocycles. The van der Waals surface area contributed by atoms with Gasteiger partial charge in [0.05, 0.1) is 0 Å². The molecular formula is C53H81N21O6. The van der Waals surface area contributed by atoms with Crippen LogP contribution >= 0.6 is 0 Å². The Morgan fingerprint density at radius 2 is 0.925 bits per heavy atom. The maximum atomic E-state index is 9.89. The molecule has 0 radical (unpaired) electrons. The van der Waals surface area contributed by atoms with Gasteiger partial charge in [-0.1, -0.05) is 36.4 Å². The molecule has 0 bridgehead atoms. The fourth-order valence-corrected chi connectivity index (χ4v) is 7.91. The second-order valence-electron chi connectivity index (χ2n) is 19.6. The van der Waals surface area contributed by atoms with Crippen LogP contribution in [-0.2, 0) is 19.4 Å². The fourth-order valence-electron chi connectivity index (χ4n) is 7.91. The van der Waals surface area contributed by atoms with Crippen molar-refractivity contribution in [2.45, 2.75) is 71.7 Å². The summed E-state index contributed by atoms with van der Waals surface area (Å²) in [6.45, 7) is 9.38. The number of hydrogen-bond acceptors (Lipinski definition) is 26. The van der Waals surface area contributed by atoms with E-state index in [1.165, 1.54) is 18.2 Å². The first-order chi connectivity index (χ1) is 37.8. The van der Waals surface area contributed by atoms with Gasteiger partial charge in [0.25, 0.3) is 0 Å². The van der Waals surface area contributed by atoms with E-state index in [-0.39, 0.29) is 59.2 Å². The molecule has 434 valence electrons. The number of aliphatic imine (C=N–C) groups is 8. The molecule has 0 saturated heterocycles. The molecule has 0 aliphatic carbocycles. The highest BCUT2D eigenvalue weighted by molar-refractivity contribution is 6.05. The molecule has 0 spiro atoms. The molecule has 0 fully saturated rings. The number of anilines is 1. The first-order valence-corrected chi connectivity index (χ1v) is 25.8. The average molecular weight is 1110 g/mol. The summed E-state index contributed by atoms with van der Waals surface area (Å²) in [5, 5.41) is 70.4. The lowest BCUT2D eigenvalue weighted by Gasteiger charge is -2.35. The van der Waals surface area contributed by atoms with Gasteiger partial charge in [0.2, 0.25) is 41.7 Å². The topological polar surface area (TPSA) is 333 Å². The Labute approximate surface area is 468 Å². The van der Waals surface area contributed by atoms with Crippen LogP contribution in [0.5, 0.6) is 34.5 Å². The summed E-state index contributed by atoms with van der Waals surface area (Å²) in [5.74, 6) is 5.92. The number of hydrogen-bond donors (Lipinski definition) is 12. The van der Waals surface area contributed by atoms with Crippen molar-refractivity contribution in [2.75, 3.05) is 88.9 Å². The van der Waals surface area contributed by atoms with Crippen molar-refractivity contribution in [1.29, 1.82) is 0 Å². The highest BCUT2D eigenvalue weighted by Crippen LogP contribution is 2.31. The van der Waals surface area contributed by atoms with Crippen LogP contribution in [0.2, 0.25) is 0 Å². The van der Waals surface area contributed by atoms with Gasteiger partial charge in [-0.15, -0.1) is 0 Å². The van der Waals surface area contributed by atoms with Gasteiger partial charge in [-0.25, -0.2) is 39.9 Å². The number of nitrogens with two attached hydrogens (primary N) is 1. The molecule has 4 aromatic rings. The van der Waals surface area contributed by atoms with Gasteiger partial charge in [0.15, 0.2) is 40.5 Å². The molecule has 27 heteroatoms. The van der Waals surface area contributed by atoms with Crippen LogP contribution in [0.1, 0.15) is 44.4 Å². The maximum absolute atomic E-state index is 9.89. The molecule has 27 nitrogen and oxygen atoms in total. The Kier molecular flexibility index (Phi) is 21.8. The fraction of sp³-hybridized carbons (Fsp3) is 0.434. The van der Waals surface area contributed by atoms with Crippen molar-refractivity contribution in [3.8, 4) is 34.5 Å². The predicted octanol–water partition coefficient (Wildman–Crippen LogP) is 2.73. The smallest absolute Gasteiger partial charge is 0.205 e. The summed E-state index contributed by atoms with van der Waals surface area (Å²) in [5.41, 5.74) is 7.60. The van der Waals surface area contributed by atoms with Gasteiger partial charge < -0.3 is 76.1 Å². The van der Waals surface area contributed by atoms with Crippen molar-refractivity contribution >= 4 is 53.5 Å². The van der Waals surface area contributed by atoms with Crippen molar-refractivity contribution in [1.82, 2.24) is 55.2 Å². The van der Waals surface area contributed by atoms with Crippen molar-refractivity contribution in [2.24, 2.45) is 45.7 Å². The second kappa shape index (κ2) is 28.4. The largest absolute Gasteiger partial charge is 0.504 e. The number of phenolic OH excluding ortho intramolecular Hbond substituents is 6. The van der Waals surface area contributed by atoms with E-state index in [1.54, 1.807) is 30.3 Å². The van der Waals surface area contributed by atoms with Crippen LogP contribution in [-0.4, -0.2) is 226 Å². The van der Waals surface area contributed by atoms with Crippen LogP contribution in [0.4, 0.5) is 5.82 Å². The first-order valence-electron chi connectivity index (χ1n) is 25.8. The molecule has 4 aliphatic heterocycles. The summed E-state index contributed by atoms with van der Waals surface area (Å²) in [6, 6.07) is 18.7. The number of aromatic amines is 1. The van der Waals surface area contributed by atoms with Gasteiger partial charge in [-0.05, 0) is 82.0 Å². The third-order valence-electron chi connectivity index (χ3n) is 12.1. The lowest BCUT2D eigenvalue weighted by atomic mass is 10.1. The minimum atomic E-state index is -0.168. The number of aromatic nitrogens is 1. The molecule has 13 N–H and O–H groups in total.